The Kier molecular flexibility index (Phi) is 6.83. The molecule has 0 aliphatic heterocycles. The van der Waals surface area contributed by atoms with Crippen molar-refractivity contribution in [1.82, 2.24) is 0 Å². The Labute approximate surface area is 118 Å². The van der Waals surface area contributed by atoms with Gasteiger partial charge in [0.05, 0.1) is 19.4 Å². The molecular formula is C14H21NO5. The summed E-state index contributed by atoms with van der Waals surface area (Å²) in [5, 5.41) is 21.7. The van der Waals surface area contributed by atoms with Crippen LogP contribution in [0.1, 0.15) is 19.4 Å². The quantitative estimate of drug-likeness (QED) is 0.431. The average Bonchev–Trinajstić information content (AvgIpc) is 2.49. The minimum absolute atomic E-state index is 0.0822. The van der Waals surface area contributed by atoms with E-state index < -0.39 is 6.10 Å². The summed E-state index contributed by atoms with van der Waals surface area (Å²) < 4.78 is 15.8. The molecule has 1 aromatic carbocycles. The highest BCUT2D eigenvalue weighted by atomic mass is 16.5. The second-order valence-corrected chi connectivity index (χ2v) is 4.17. The SMILES string of the molecule is CCOCC(O)COc1cc(OC)ccc1/C(C)=N/O. The van der Waals surface area contributed by atoms with Crippen molar-refractivity contribution in [3.8, 4) is 11.5 Å². The number of methoxy groups -OCH3 is 1. The van der Waals surface area contributed by atoms with E-state index in [0.29, 0.717) is 29.4 Å². The number of ether oxygens (including phenoxy) is 3. The molecule has 0 aliphatic rings. The molecule has 0 fully saturated rings. The van der Waals surface area contributed by atoms with E-state index in [-0.39, 0.29) is 13.2 Å². The molecule has 1 atom stereocenters. The molecule has 0 saturated heterocycles. The highest BCUT2D eigenvalue weighted by molar-refractivity contribution is 6.00. The van der Waals surface area contributed by atoms with E-state index in [1.165, 1.54) is 0 Å². The van der Waals surface area contributed by atoms with Gasteiger partial charge in [0.2, 0.25) is 0 Å². The Hall–Kier alpha value is -1.79. The molecule has 1 aromatic rings. The number of nitrogens with zero attached hydrogens (tertiary/aromatic N) is 1. The van der Waals surface area contributed by atoms with E-state index in [9.17, 15) is 5.11 Å². The molecule has 0 amide bonds. The number of aliphatic hydroxyl groups excluding tert-OH is 1. The van der Waals surface area contributed by atoms with E-state index in [1.54, 1.807) is 32.2 Å². The molecule has 6 nitrogen and oxygen atoms in total. The summed E-state index contributed by atoms with van der Waals surface area (Å²) in [6.45, 7) is 4.35. The molecule has 0 heterocycles. The maximum absolute atomic E-state index is 9.69. The molecule has 20 heavy (non-hydrogen) atoms. The summed E-state index contributed by atoms with van der Waals surface area (Å²) in [5.41, 5.74) is 1.05. The monoisotopic (exact) mass is 283 g/mol. The molecule has 0 radical (unpaired) electrons. The molecule has 1 rings (SSSR count). The largest absolute Gasteiger partial charge is 0.497 e. The van der Waals surface area contributed by atoms with Gasteiger partial charge >= 0.3 is 0 Å². The number of benzene rings is 1. The van der Waals surface area contributed by atoms with Crippen LogP contribution in [0, 0.1) is 0 Å². The van der Waals surface area contributed by atoms with Gasteiger partial charge in [0.25, 0.3) is 0 Å². The minimum Gasteiger partial charge on any atom is -0.497 e. The molecule has 1 unspecified atom stereocenters. The molecule has 0 aromatic heterocycles. The van der Waals surface area contributed by atoms with Crippen molar-refractivity contribution in [2.24, 2.45) is 5.16 Å². The maximum atomic E-state index is 9.69. The van der Waals surface area contributed by atoms with Crippen molar-refractivity contribution < 1.29 is 24.5 Å². The molecular weight excluding hydrogens is 262 g/mol. The topological polar surface area (TPSA) is 80.5 Å². The van der Waals surface area contributed by atoms with Crippen molar-refractivity contribution in [3.63, 3.8) is 0 Å². The molecule has 6 heteroatoms. The standard InChI is InChI=1S/C14H21NO5/c1-4-19-8-11(16)9-20-14-7-12(18-3)5-6-13(14)10(2)15-17/h5-7,11,16-17H,4,8-9H2,1-3H3/b15-10+. The zero-order valence-electron chi connectivity index (χ0n) is 12.0. The zero-order valence-corrected chi connectivity index (χ0v) is 12.0. The van der Waals surface area contributed by atoms with Gasteiger partial charge in [0, 0.05) is 18.2 Å². The summed E-state index contributed by atoms with van der Waals surface area (Å²) in [6, 6.07) is 5.16. The van der Waals surface area contributed by atoms with Gasteiger partial charge < -0.3 is 24.5 Å². The van der Waals surface area contributed by atoms with Gasteiger partial charge in [-0.1, -0.05) is 5.16 Å². The first-order valence-corrected chi connectivity index (χ1v) is 6.38. The minimum atomic E-state index is -0.722. The smallest absolute Gasteiger partial charge is 0.132 e. The van der Waals surface area contributed by atoms with Gasteiger partial charge in [0.15, 0.2) is 0 Å². The maximum Gasteiger partial charge on any atom is 0.132 e. The Morgan fingerprint density at radius 2 is 2.10 bits per heavy atom. The van der Waals surface area contributed by atoms with Crippen molar-refractivity contribution in [2.75, 3.05) is 26.9 Å². The van der Waals surface area contributed by atoms with Crippen molar-refractivity contribution in [3.05, 3.63) is 23.8 Å². The molecule has 0 bridgehead atoms. The second-order valence-electron chi connectivity index (χ2n) is 4.17. The van der Waals surface area contributed by atoms with Gasteiger partial charge in [-0.3, -0.25) is 0 Å². The number of rotatable bonds is 8. The van der Waals surface area contributed by atoms with Gasteiger partial charge in [-0.2, -0.15) is 0 Å². The molecule has 112 valence electrons. The van der Waals surface area contributed by atoms with Crippen molar-refractivity contribution in [1.29, 1.82) is 0 Å². The zero-order chi connectivity index (χ0) is 15.0. The Morgan fingerprint density at radius 1 is 1.35 bits per heavy atom. The van der Waals surface area contributed by atoms with Crippen LogP contribution in [0.3, 0.4) is 0 Å². The molecule has 0 saturated carbocycles. The fourth-order valence-corrected chi connectivity index (χ4v) is 1.59. The van der Waals surface area contributed by atoms with Crippen LogP contribution in [0.4, 0.5) is 0 Å². The lowest BCUT2D eigenvalue weighted by Crippen LogP contribution is -2.23. The van der Waals surface area contributed by atoms with Crippen LogP contribution in [0.5, 0.6) is 11.5 Å². The Bertz CT molecular complexity index is 447. The van der Waals surface area contributed by atoms with Crippen molar-refractivity contribution >= 4 is 5.71 Å². The van der Waals surface area contributed by atoms with Gasteiger partial charge in [-0.25, -0.2) is 0 Å². The lowest BCUT2D eigenvalue weighted by Gasteiger charge is -2.15. The summed E-state index contributed by atoms with van der Waals surface area (Å²) in [5.74, 6) is 1.10. The lowest BCUT2D eigenvalue weighted by molar-refractivity contribution is 0.0164. The molecule has 0 spiro atoms. The Morgan fingerprint density at radius 3 is 2.70 bits per heavy atom. The van der Waals surface area contributed by atoms with Gasteiger partial charge in [0.1, 0.15) is 24.2 Å². The highest BCUT2D eigenvalue weighted by Crippen LogP contribution is 2.25. The third kappa shape index (κ3) is 4.71. The second kappa shape index (κ2) is 8.39. The summed E-state index contributed by atoms with van der Waals surface area (Å²) >= 11 is 0. The fraction of sp³-hybridized carbons (Fsp3) is 0.500. The van der Waals surface area contributed by atoms with E-state index in [4.69, 9.17) is 19.4 Å². The predicted octanol–water partition coefficient (Wildman–Crippen LogP) is 1.67. The first kappa shape index (κ1) is 16.3. The van der Waals surface area contributed by atoms with Crippen LogP contribution in [-0.4, -0.2) is 49.1 Å². The number of hydrogen-bond acceptors (Lipinski definition) is 6. The summed E-state index contributed by atoms with van der Waals surface area (Å²) in [7, 11) is 1.55. The van der Waals surface area contributed by atoms with Crippen LogP contribution < -0.4 is 9.47 Å². The Balaban J connectivity index is 2.80. The highest BCUT2D eigenvalue weighted by Gasteiger charge is 2.12. The van der Waals surface area contributed by atoms with E-state index in [2.05, 4.69) is 5.16 Å². The summed E-state index contributed by atoms with van der Waals surface area (Å²) in [6.07, 6.45) is -0.722. The van der Waals surface area contributed by atoms with Crippen LogP contribution >= 0.6 is 0 Å². The van der Waals surface area contributed by atoms with Crippen LogP contribution in [0.2, 0.25) is 0 Å². The van der Waals surface area contributed by atoms with E-state index in [0.717, 1.165) is 0 Å². The van der Waals surface area contributed by atoms with Crippen molar-refractivity contribution in [2.45, 2.75) is 20.0 Å². The number of hydrogen-bond donors (Lipinski definition) is 2. The lowest BCUT2D eigenvalue weighted by atomic mass is 10.1. The summed E-state index contributed by atoms with van der Waals surface area (Å²) in [4.78, 5) is 0. The third-order valence-corrected chi connectivity index (χ3v) is 2.67. The predicted molar refractivity (Wildman–Crippen MR) is 75.0 cm³/mol. The number of aliphatic hydroxyl groups is 1. The third-order valence-electron chi connectivity index (χ3n) is 2.67. The van der Waals surface area contributed by atoms with E-state index in [1.807, 2.05) is 6.92 Å². The number of oxime groups is 1. The first-order chi connectivity index (χ1) is 9.62. The average molecular weight is 283 g/mol. The molecule has 2 N–H and O–H groups in total. The molecule has 0 aliphatic carbocycles. The van der Waals surface area contributed by atoms with Gasteiger partial charge in [-0.05, 0) is 26.0 Å². The van der Waals surface area contributed by atoms with Gasteiger partial charge in [-0.15, -0.1) is 0 Å². The van der Waals surface area contributed by atoms with Crippen LogP contribution in [-0.2, 0) is 4.74 Å². The first-order valence-electron chi connectivity index (χ1n) is 6.38. The van der Waals surface area contributed by atoms with Crippen LogP contribution in [0.15, 0.2) is 23.4 Å². The van der Waals surface area contributed by atoms with Crippen LogP contribution in [0.25, 0.3) is 0 Å². The fourth-order valence-electron chi connectivity index (χ4n) is 1.59. The normalized spacial score (nSPS) is 13.1. The van der Waals surface area contributed by atoms with E-state index >= 15 is 0 Å².